The van der Waals surface area contributed by atoms with E-state index in [9.17, 15) is 25.8 Å². The maximum atomic E-state index is 14.2. The molecule has 6 aromatic carbocycles. The van der Waals surface area contributed by atoms with Crippen molar-refractivity contribution in [1.82, 2.24) is 4.57 Å². The molecule has 0 fully saturated rings. The average molecular weight is 669 g/mol. The van der Waals surface area contributed by atoms with Gasteiger partial charge in [-0.3, -0.25) is 4.79 Å². The molecule has 0 saturated carbocycles. The first kappa shape index (κ1) is 31.8. The smallest absolute Gasteiger partial charge is 0.259 e. The van der Waals surface area contributed by atoms with Gasteiger partial charge in [0.2, 0.25) is 0 Å². The van der Waals surface area contributed by atoms with Crippen LogP contribution in [0.25, 0.3) is 49.7 Å². The number of hydrogen-bond acceptors (Lipinski definition) is 5. The van der Waals surface area contributed by atoms with E-state index in [0.717, 1.165) is 66.6 Å². The van der Waals surface area contributed by atoms with Gasteiger partial charge in [0, 0.05) is 21.9 Å². The number of anilines is 1. The van der Waals surface area contributed by atoms with Gasteiger partial charge in [0.25, 0.3) is 5.91 Å². The summed E-state index contributed by atoms with van der Waals surface area (Å²) in [6.07, 6.45) is 0. The van der Waals surface area contributed by atoms with E-state index in [2.05, 4.69) is 47.9 Å². The fraction of sp³-hybridized carbons (Fsp3) is 0.0889. The maximum Gasteiger partial charge on any atom is 0.259 e. The molecule has 0 atom stereocenters. The Morgan fingerprint density at radius 3 is 1.46 bits per heavy atom. The Morgan fingerprint density at radius 2 is 1.00 bits per heavy atom. The van der Waals surface area contributed by atoms with Crippen LogP contribution >= 0.6 is 0 Å². The van der Waals surface area contributed by atoms with Gasteiger partial charge in [0.05, 0.1) is 75.5 Å². The maximum absolute atomic E-state index is 14.2. The van der Waals surface area contributed by atoms with E-state index < -0.39 is 0 Å². The molecule has 0 bridgehead atoms. The van der Waals surface area contributed by atoms with Gasteiger partial charge < -0.3 is 9.47 Å². The third-order valence-corrected chi connectivity index (χ3v) is 9.91. The zero-order chi connectivity index (χ0) is 36.3. The van der Waals surface area contributed by atoms with E-state index in [-0.39, 0.29) is 5.91 Å². The van der Waals surface area contributed by atoms with Crippen molar-refractivity contribution < 1.29 is 4.79 Å². The molecule has 0 unspecified atom stereocenters. The Labute approximate surface area is 300 Å². The van der Waals surface area contributed by atoms with Crippen LogP contribution < -0.4 is 4.90 Å². The first-order valence-corrected chi connectivity index (χ1v) is 16.7. The summed E-state index contributed by atoms with van der Waals surface area (Å²) in [4.78, 5) is 16.0. The summed E-state index contributed by atoms with van der Waals surface area (Å²) in [6.45, 7) is 6.53. The van der Waals surface area contributed by atoms with Gasteiger partial charge >= 0.3 is 0 Å². The molecule has 0 aliphatic carbocycles. The molecule has 0 radical (unpaired) electrons. The van der Waals surface area contributed by atoms with Crippen LogP contribution in [0.4, 0.5) is 5.69 Å². The molecule has 1 aliphatic heterocycles. The lowest BCUT2D eigenvalue weighted by molar-refractivity contribution is 0.0996. The number of nitrogens with zero attached hydrogens (tertiary/aromatic N) is 6. The Hall–Kier alpha value is -7.45. The van der Waals surface area contributed by atoms with Crippen molar-refractivity contribution in [2.45, 2.75) is 27.3 Å². The molecule has 7 nitrogen and oxygen atoms in total. The minimum absolute atomic E-state index is 0.0521. The quantitative estimate of drug-likeness (QED) is 0.185. The molecule has 0 N–H and O–H groups in total. The van der Waals surface area contributed by atoms with Crippen molar-refractivity contribution in [1.29, 1.82) is 21.0 Å². The number of fused-ring (bicyclic) bond motifs is 4. The predicted octanol–water partition coefficient (Wildman–Crippen LogP) is 9.69. The van der Waals surface area contributed by atoms with E-state index in [4.69, 9.17) is 0 Å². The van der Waals surface area contributed by atoms with Crippen LogP contribution in [-0.4, -0.2) is 10.5 Å². The van der Waals surface area contributed by atoms with Crippen LogP contribution in [0.1, 0.15) is 54.9 Å². The van der Waals surface area contributed by atoms with Crippen molar-refractivity contribution in [2.24, 2.45) is 0 Å². The number of aryl methyl sites for hydroxylation is 3. The van der Waals surface area contributed by atoms with Gasteiger partial charge in [0.15, 0.2) is 0 Å². The summed E-state index contributed by atoms with van der Waals surface area (Å²) in [7, 11) is 0. The number of carbonyl (C=O) groups is 1. The van der Waals surface area contributed by atoms with Crippen LogP contribution in [0, 0.1) is 66.1 Å². The van der Waals surface area contributed by atoms with Crippen molar-refractivity contribution in [2.75, 3.05) is 4.90 Å². The third kappa shape index (κ3) is 4.89. The number of aromatic nitrogens is 1. The van der Waals surface area contributed by atoms with E-state index >= 15 is 0 Å². The number of hydrogen-bond donors (Lipinski definition) is 0. The van der Waals surface area contributed by atoms with E-state index in [1.54, 1.807) is 36.4 Å². The molecule has 0 saturated heterocycles. The minimum atomic E-state index is -0.0521. The van der Waals surface area contributed by atoms with Crippen LogP contribution in [-0.2, 0) is 6.54 Å². The van der Waals surface area contributed by atoms with Crippen LogP contribution in [0.2, 0.25) is 0 Å². The Balaban J connectivity index is 1.47. The highest BCUT2D eigenvalue weighted by molar-refractivity contribution is 6.21. The summed E-state index contributed by atoms with van der Waals surface area (Å²) in [5.74, 6) is -0.0521. The number of benzene rings is 6. The number of carbonyl (C=O) groups excluding carboxylic acids is 1. The largest absolute Gasteiger partial charge is 0.309 e. The first-order chi connectivity index (χ1) is 25.2. The third-order valence-electron chi connectivity index (χ3n) is 9.91. The molecular formula is C45H28N6O. The number of nitriles is 4. The van der Waals surface area contributed by atoms with Crippen LogP contribution in [0.3, 0.4) is 0 Å². The molecule has 0 spiro atoms. The van der Waals surface area contributed by atoms with Crippen molar-refractivity contribution in [3.8, 4) is 52.2 Å². The zero-order valence-corrected chi connectivity index (χ0v) is 28.6. The summed E-state index contributed by atoms with van der Waals surface area (Å²) in [6, 6.07) is 41.1. The van der Waals surface area contributed by atoms with Gasteiger partial charge in [-0.2, -0.15) is 21.0 Å². The molecule has 244 valence electrons. The normalized spacial score (nSPS) is 12.0. The SMILES string of the molecule is Cc1cc(C)c(N2Cc3c(cccc3-n3c4cccc(-c5cc(C#N)cc(C#N)c5)c4c4c(-c5cc(C#N)cc(C#N)c5)cccc43)C2=O)c(C)c1. The predicted molar refractivity (Wildman–Crippen MR) is 202 cm³/mol. The summed E-state index contributed by atoms with van der Waals surface area (Å²) < 4.78 is 2.18. The van der Waals surface area contributed by atoms with Gasteiger partial charge in [-0.15, -0.1) is 0 Å². The number of amides is 1. The molecule has 1 aromatic heterocycles. The Morgan fingerprint density at radius 1 is 0.558 bits per heavy atom. The minimum Gasteiger partial charge on any atom is -0.309 e. The van der Waals surface area contributed by atoms with Crippen LogP contribution in [0.5, 0.6) is 0 Å². The summed E-state index contributed by atoms with van der Waals surface area (Å²) in [5, 5.41) is 41.2. The molecular weight excluding hydrogens is 641 g/mol. The Bertz CT molecular complexity index is 2660. The molecule has 7 aromatic rings. The molecule has 8 rings (SSSR count). The fourth-order valence-corrected chi connectivity index (χ4v) is 7.98. The monoisotopic (exact) mass is 668 g/mol. The van der Waals surface area contributed by atoms with Crippen molar-refractivity contribution in [3.63, 3.8) is 0 Å². The Kier molecular flexibility index (Phi) is 7.43. The molecule has 2 heterocycles. The second-order valence-electron chi connectivity index (χ2n) is 13.2. The average Bonchev–Trinajstić information content (AvgIpc) is 3.68. The number of rotatable bonds is 4. The lowest BCUT2D eigenvalue weighted by Gasteiger charge is -2.22. The lowest BCUT2D eigenvalue weighted by Crippen LogP contribution is -2.24. The van der Waals surface area contributed by atoms with Gasteiger partial charge in [-0.25, -0.2) is 0 Å². The topological polar surface area (TPSA) is 120 Å². The highest BCUT2D eigenvalue weighted by Crippen LogP contribution is 2.45. The molecule has 7 heteroatoms. The molecule has 52 heavy (non-hydrogen) atoms. The first-order valence-electron chi connectivity index (χ1n) is 16.7. The second-order valence-corrected chi connectivity index (χ2v) is 13.2. The standard InChI is InChI=1S/C45H28N6O/c1-26-13-27(2)44(28(3)14-26)50-25-38-37(45(50)52)9-6-10-39(38)51-40-11-4-7-35(33-17-29(21-46)15-30(18-33)22-47)42(40)43-36(8-5-12-41(43)51)34-19-31(23-48)16-32(20-34)24-49/h4-20H,25H2,1-3H3. The van der Waals surface area contributed by atoms with E-state index in [1.165, 1.54) is 0 Å². The van der Waals surface area contributed by atoms with Gasteiger partial charge in [0.1, 0.15) is 0 Å². The highest BCUT2D eigenvalue weighted by atomic mass is 16.2. The van der Waals surface area contributed by atoms with Crippen molar-refractivity contribution in [3.05, 3.63) is 153 Å². The van der Waals surface area contributed by atoms with Crippen LogP contribution in [0.15, 0.2) is 103 Å². The van der Waals surface area contributed by atoms with Crippen molar-refractivity contribution >= 4 is 33.4 Å². The lowest BCUT2D eigenvalue weighted by atomic mass is 9.92. The molecule has 1 amide bonds. The summed E-state index contributed by atoms with van der Waals surface area (Å²) >= 11 is 0. The van der Waals surface area contributed by atoms with Gasteiger partial charge in [-0.05, 0) is 115 Å². The van der Waals surface area contributed by atoms with E-state index in [0.29, 0.717) is 45.5 Å². The zero-order valence-electron chi connectivity index (χ0n) is 28.6. The highest BCUT2D eigenvalue weighted by Gasteiger charge is 2.33. The second kappa shape index (κ2) is 12.2. The summed E-state index contributed by atoms with van der Waals surface area (Å²) in [5.41, 5.74) is 12.8. The fourth-order valence-electron chi connectivity index (χ4n) is 7.98. The van der Waals surface area contributed by atoms with Gasteiger partial charge in [-0.1, -0.05) is 48.0 Å². The van der Waals surface area contributed by atoms with E-state index in [1.807, 2.05) is 73.3 Å². The molecule has 1 aliphatic rings.